The van der Waals surface area contributed by atoms with Crippen LogP contribution in [0.3, 0.4) is 0 Å². The number of carboxylic acid groups (broad SMARTS) is 1. The first kappa shape index (κ1) is 25.4. The van der Waals surface area contributed by atoms with E-state index in [1.165, 1.54) is 5.32 Å². The van der Waals surface area contributed by atoms with Crippen LogP contribution in [0.1, 0.15) is 0 Å². The van der Waals surface area contributed by atoms with Crippen LogP contribution in [0.15, 0.2) is 13.2 Å². The molecule has 0 aliphatic carbocycles. The lowest BCUT2D eigenvalue weighted by Crippen LogP contribution is -2.69. The molecule has 0 spiro atoms. The summed E-state index contributed by atoms with van der Waals surface area (Å²) in [7, 11) is 3.27. The van der Waals surface area contributed by atoms with Crippen LogP contribution in [-0.2, 0) is 9.59 Å². The van der Waals surface area contributed by atoms with Gasteiger partial charge >= 0.3 is 17.9 Å². The zero-order valence-electron chi connectivity index (χ0n) is 14.2. The lowest BCUT2D eigenvalue weighted by atomic mass is 10.0. The summed E-state index contributed by atoms with van der Waals surface area (Å²) in [6.07, 6.45) is -6.20. The van der Waals surface area contributed by atoms with Crippen LogP contribution in [-0.4, -0.2) is 80.6 Å². The van der Waals surface area contributed by atoms with Gasteiger partial charge in [0.25, 0.3) is 5.91 Å². The second kappa shape index (κ2) is 8.52. The Hall–Kier alpha value is -1.82. The fraction of sp³-hybridized carbons (Fsp3) is 0.692. The maximum absolute atomic E-state index is 14.1. The fourth-order valence-electron chi connectivity index (χ4n) is 1.56. The van der Waals surface area contributed by atoms with Crippen LogP contribution < -0.4 is 10.4 Å². The number of likely N-dealkylation sites (N-methyl/N-ethyl adjacent to an activating group) is 1. The molecule has 0 saturated carbocycles. The Morgan fingerprint density at radius 1 is 1.08 bits per heavy atom. The third-order valence-corrected chi connectivity index (χ3v) is 2.90. The summed E-state index contributed by atoms with van der Waals surface area (Å²) >= 11 is 0. The monoisotopic (exact) mass is 381 g/mol. The van der Waals surface area contributed by atoms with Gasteiger partial charge in [0.1, 0.15) is 6.54 Å². The second-order valence-electron chi connectivity index (χ2n) is 5.72. The first-order chi connectivity index (χ1) is 11.0. The predicted molar refractivity (Wildman–Crippen MR) is 74.8 cm³/mol. The number of rotatable bonds is 7. The number of aliphatic carboxylic acids is 1. The highest BCUT2D eigenvalue weighted by molar-refractivity contribution is 5.87. The van der Waals surface area contributed by atoms with Crippen LogP contribution >= 0.6 is 0 Å². The number of carbonyl (C=O) groups is 2. The molecule has 6 nitrogen and oxygen atoms in total. The zero-order valence-corrected chi connectivity index (χ0v) is 14.2. The highest BCUT2D eigenvalue weighted by atomic mass is 19.4. The van der Waals surface area contributed by atoms with Gasteiger partial charge in [-0.15, -0.1) is 13.2 Å². The van der Waals surface area contributed by atoms with E-state index in [9.17, 15) is 41.0 Å². The van der Waals surface area contributed by atoms with E-state index >= 15 is 0 Å². The summed E-state index contributed by atoms with van der Waals surface area (Å²) in [4.78, 5) is 21.6. The van der Waals surface area contributed by atoms with Crippen molar-refractivity contribution in [1.29, 1.82) is 0 Å². The molecule has 0 aliphatic heterocycles. The molecule has 0 aromatic carbocycles. The number of nitrogens with zero attached hydrogens (tertiary/aromatic N) is 2. The molecule has 12 heteroatoms. The number of halogens is 6. The van der Waals surface area contributed by atoms with E-state index in [0.29, 0.717) is 14.1 Å². The minimum absolute atomic E-state index is 0.374. The molecule has 1 unspecified atom stereocenters. The highest BCUT2D eigenvalue weighted by Gasteiger charge is 2.77. The highest BCUT2D eigenvalue weighted by Crippen LogP contribution is 2.46. The normalized spacial score (nSPS) is 15.0. The molecule has 0 radical (unpaired) electrons. The summed E-state index contributed by atoms with van der Waals surface area (Å²) in [6, 6.07) is -5.18. The number of quaternary nitrogens is 1. The van der Waals surface area contributed by atoms with Crippen molar-refractivity contribution in [2.45, 2.75) is 17.9 Å². The summed E-state index contributed by atoms with van der Waals surface area (Å²) in [5.41, 5.74) is -5.51. The summed E-state index contributed by atoms with van der Waals surface area (Å²) in [6.45, 7) is 4.42. The summed E-state index contributed by atoms with van der Waals surface area (Å²) < 4.78 is 79.1. The lowest BCUT2D eigenvalue weighted by molar-refractivity contribution is -0.886. The number of nitrogens with one attached hydrogen (secondary N) is 1. The number of hydrogen-bond donors (Lipinski definition) is 1. The molecule has 0 aromatic rings. The fourth-order valence-corrected chi connectivity index (χ4v) is 1.56. The van der Waals surface area contributed by atoms with Gasteiger partial charge in [-0.3, -0.25) is 4.79 Å². The number of alkyl halides is 6. The van der Waals surface area contributed by atoms with Crippen molar-refractivity contribution in [1.82, 2.24) is 10.2 Å². The zero-order chi connectivity index (χ0) is 20.9. The molecule has 148 valence electrons. The van der Waals surface area contributed by atoms with Crippen molar-refractivity contribution < 1.29 is 45.5 Å². The van der Waals surface area contributed by atoms with Crippen molar-refractivity contribution >= 4 is 11.9 Å². The van der Waals surface area contributed by atoms with Gasteiger partial charge in [0.2, 0.25) is 0 Å². The molecule has 0 aromatic heterocycles. The standard InChI is InChI=1S/C11H17F6N3O3.C2H4/c1-19(2)11(16,17)9(12,10(13,14)15)8(23)18-6-20(3,4)5-7(21)22;1-2/h5-6H2,1-4H3,(H-,18,21,22,23);1-2H2. The van der Waals surface area contributed by atoms with E-state index < -0.39 is 47.5 Å². The molecule has 1 atom stereocenters. The largest absolute Gasteiger partial charge is 0.544 e. The number of amides is 1. The Labute approximate surface area is 141 Å². The van der Waals surface area contributed by atoms with Gasteiger partial charge in [-0.25, -0.2) is 9.29 Å². The van der Waals surface area contributed by atoms with Gasteiger partial charge in [0, 0.05) is 0 Å². The van der Waals surface area contributed by atoms with Crippen molar-refractivity contribution in [2.75, 3.05) is 41.4 Å². The Morgan fingerprint density at radius 2 is 1.48 bits per heavy atom. The Bertz CT molecular complexity index is 482. The van der Waals surface area contributed by atoms with E-state index in [2.05, 4.69) is 13.2 Å². The van der Waals surface area contributed by atoms with Gasteiger partial charge in [-0.2, -0.15) is 22.0 Å². The Balaban J connectivity index is 0. The Kier molecular flexibility index (Phi) is 8.66. The van der Waals surface area contributed by atoms with Crippen LogP contribution in [0.25, 0.3) is 0 Å². The third kappa shape index (κ3) is 5.88. The number of carbonyl (C=O) groups excluding carboxylic acids is 2. The molecular weight excluding hydrogens is 360 g/mol. The van der Waals surface area contributed by atoms with E-state index in [4.69, 9.17) is 0 Å². The molecule has 0 heterocycles. The summed E-state index contributed by atoms with van der Waals surface area (Å²) in [5.74, 6) is -4.21. The molecule has 0 fully saturated rings. The van der Waals surface area contributed by atoms with Crippen LogP contribution in [0.2, 0.25) is 0 Å². The average molecular weight is 381 g/mol. The molecule has 25 heavy (non-hydrogen) atoms. The van der Waals surface area contributed by atoms with Crippen molar-refractivity contribution in [2.24, 2.45) is 0 Å². The van der Waals surface area contributed by atoms with Crippen LogP contribution in [0, 0.1) is 0 Å². The van der Waals surface area contributed by atoms with E-state index in [1.807, 2.05) is 0 Å². The Morgan fingerprint density at radius 3 is 1.76 bits per heavy atom. The molecule has 1 N–H and O–H groups in total. The van der Waals surface area contributed by atoms with Gasteiger partial charge in [0.15, 0.2) is 6.67 Å². The van der Waals surface area contributed by atoms with E-state index in [-0.39, 0.29) is 4.90 Å². The minimum Gasteiger partial charge on any atom is -0.544 e. The maximum Gasteiger partial charge on any atom is 0.439 e. The first-order valence-electron chi connectivity index (χ1n) is 6.60. The summed E-state index contributed by atoms with van der Waals surface area (Å²) in [5, 5.41) is 11.8. The van der Waals surface area contributed by atoms with E-state index in [1.54, 1.807) is 0 Å². The van der Waals surface area contributed by atoms with Crippen molar-refractivity contribution in [3.05, 3.63) is 13.2 Å². The smallest absolute Gasteiger partial charge is 0.439 e. The molecular formula is C13H21F6N3O3. The van der Waals surface area contributed by atoms with E-state index in [0.717, 1.165) is 14.1 Å². The van der Waals surface area contributed by atoms with Gasteiger partial charge < -0.3 is 19.7 Å². The molecule has 0 bridgehead atoms. The van der Waals surface area contributed by atoms with Gasteiger partial charge in [-0.1, -0.05) is 0 Å². The van der Waals surface area contributed by atoms with Crippen molar-refractivity contribution in [3.63, 3.8) is 0 Å². The number of hydrogen-bond acceptors (Lipinski definition) is 4. The molecule has 0 rings (SSSR count). The lowest BCUT2D eigenvalue weighted by Gasteiger charge is -2.38. The van der Waals surface area contributed by atoms with Crippen molar-refractivity contribution in [3.8, 4) is 0 Å². The topological polar surface area (TPSA) is 72.5 Å². The third-order valence-electron chi connectivity index (χ3n) is 2.90. The first-order valence-corrected chi connectivity index (χ1v) is 6.60. The maximum atomic E-state index is 14.1. The van der Waals surface area contributed by atoms with Gasteiger partial charge in [0.05, 0.1) is 20.1 Å². The predicted octanol–water partition coefficient (Wildman–Crippen LogP) is 0.114. The molecule has 0 saturated heterocycles. The average Bonchev–Trinajstić information content (AvgIpc) is 2.43. The van der Waals surface area contributed by atoms with Crippen LogP contribution in [0.4, 0.5) is 26.3 Å². The van der Waals surface area contributed by atoms with Gasteiger partial charge in [-0.05, 0) is 14.1 Å². The SMILES string of the molecule is C=C.CN(C)C(F)(F)C(F)(C(=O)NC[N+](C)(C)CC(=O)[O-])C(F)(F)F. The number of carboxylic acids is 1. The molecule has 1 amide bonds. The van der Waals surface area contributed by atoms with Crippen LogP contribution in [0.5, 0.6) is 0 Å². The quantitative estimate of drug-likeness (QED) is 0.224. The minimum atomic E-state index is -6.20. The molecule has 0 aliphatic rings. The second-order valence-corrected chi connectivity index (χ2v) is 5.72.